The van der Waals surface area contributed by atoms with E-state index in [-0.39, 0.29) is 17.8 Å². The van der Waals surface area contributed by atoms with Crippen LogP contribution < -0.4 is 5.32 Å². The molecule has 0 bridgehead atoms. The van der Waals surface area contributed by atoms with Crippen LogP contribution in [-0.2, 0) is 11.2 Å². The summed E-state index contributed by atoms with van der Waals surface area (Å²) in [5.74, 6) is -0.491. The van der Waals surface area contributed by atoms with Gasteiger partial charge in [-0.1, -0.05) is 17.7 Å². The Hall–Kier alpha value is -1.43. The van der Waals surface area contributed by atoms with Gasteiger partial charge in [0.1, 0.15) is 5.82 Å². The van der Waals surface area contributed by atoms with Gasteiger partial charge in [-0.15, -0.1) is 11.3 Å². The molecule has 0 radical (unpaired) electrons. The minimum absolute atomic E-state index is 0.124. The number of rotatable bonds is 5. The second-order valence-electron chi connectivity index (χ2n) is 5.41. The first kappa shape index (κ1) is 16.4. The molecule has 122 valence electrons. The van der Waals surface area contributed by atoms with Gasteiger partial charge in [0.15, 0.2) is 0 Å². The summed E-state index contributed by atoms with van der Waals surface area (Å²) in [5.41, 5.74) is 0.431. The van der Waals surface area contributed by atoms with Crippen molar-refractivity contribution in [2.75, 3.05) is 13.2 Å². The fourth-order valence-corrected chi connectivity index (χ4v) is 3.88. The molecule has 0 saturated carbocycles. The van der Waals surface area contributed by atoms with Crippen LogP contribution in [0, 0.1) is 5.82 Å². The van der Waals surface area contributed by atoms with Gasteiger partial charge in [0.2, 0.25) is 0 Å². The van der Waals surface area contributed by atoms with Crippen LogP contribution in [0.2, 0.25) is 5.02 Å². The normalized spacial score (nSPS) is 17.4. The van der Waals surface area contributed by atoms with E-state index in [1.165, 1.54) is 17.4 Å². The Morgan fingerprint density at radius 3 is 3.00 bits per heavy atom. The highest BCUT2D eigenvalue weighted by Gasteiger charge is 2.20. The maximum Gasteiger partial charge on any atom is 0.261 e. The van der Waals surface area contributed by atoms with Crippen LogP contribution in [0.25, 0.3) is 0 Å². The number of thiophene rings is 1. The molecule has 1 aromatic heterocycles. The molecule has 1 aliphatic rings. The Labute approximate surface area is 143 Å². The molecule has 1 unspecified atom stereocenters. The summed E-state index contributed by atoms with van der Waals surface area (Å²) in [5, 5.41) is 3.20. The summed E-state index contributed by atoms with van der Waals surface area (Å²) in [7, 11) is 0. The van der Waals surface area contributed by atoms with Gasteiger partial charge in [0.25, 0.3) is 5.91 Å². The fraction of sp³-hybridized carbons (Fsp3) is 0.353. The van der Waals surface area contributed by atoms with Crippen molar-refractivity contribution in [3.05, 3.63) is 56.5 Å². The molecule has 2 aromatic rings. The maximum absolute atomic E-state index is 13.7. The first-order valence-corrected chi connectivity index (χ1v) is 8.77. The smallest absolute Gasteiger partial charge is 0.261 e. The van der Waals surface area contributed by atoms with Crippen molar-refractivity contribution in [3.63, 3.8) is 0 Å². The quantitative estimate of drug-likeness (QED) is 0.867. The summed E-state index contributed by atoms with van der Waals surface area (Å²) >= 11 is 7.43. The first-order chi connectivity index (χ1) is 11.1. The molecule has 1 atom stereocenters. The number of amides is 1. The van der Waals surface area contributed by atoms with E-state index in [0.29, 0.717) is 28.4 Å². The lowest BCUT2D eigenvalue weighted by molar-refractivity contribution is 0.0958. The van der Waals surface area contributed by atoms with E-state index >= 15 is 0 Å². The van der Waals surface area contributed by atoms with E-state index in [1.54, 1.807) is 12.1 Å². The molecule has 1 amide bonds. The van der Waals surface area contributed by atoms with Crippen LogP contribution in [0.15, 0.2) is 30.3 Å². The highest BCUT2D eigenvalue weighted by molar-refractivity contribution is 7.14. The zero-order valence-electron chi connectivity index (χ0n) is 12.5. The monoisotopic (exact) mass is 353 g/mol. The number of ether oxygens (including phenoxy) is 1. The average Bonchev–Trinajstić information content (AvgIpc) is 3.20. The van der Waals surface area contributed by atoms with Crippen LogP contribution in [0.5, 0.6) is 0 Å². The minimum Gasteiger partial charge on any atom is -0.373 e. The topological polar surface area (TPSA) is 38.3 Å². The number of carbonyl (C=O) groups excluding carboxylic acids is 1. The van der Waals surface area contributed by atoms with Crippen molar-refractivity contribution in [2.24, 2.45) is 0 Å². The van der Waals surface area contributed by atoms with Gasteiger partial charge < -0.3 is 10.1 Å². The molecule has 1 N–H and O–H groups in total. The Morgan fingerprint density at radius 2 is 2.26 bits per heavy atom. The predicted molar refractivity (Wildman–Crippen MR) is 89.7 cm³/mol. The number of benzene rings is 1. The number of hydrogen-bond acceptors (Lipinski definition) is 3. The molecule has 1 aliphatic heterocycles. The number of hydrogen-bond donors (Lipinski definition) is 1. The summed E-state index contributed by atoms with van der Waals surface area (Å²) in [6.45, 7) is 1.13. The molecular weight excluding hydrogens is 337 g/mol. The molecule has 1 fully saturated rings. The molecule has 1 aromatic carbocycles. The molecular formula is C17H17ClFNO2S. The largest absolute Gasteiger partial charge is 0.373 e. The van der Waals surface area contributed by atoms with E-state index in [2.05, 4.69) is 5.32 Å². The average molecular weight is 354 g/mol. The Balaban J connectivity index is 1.55. The molecule has 3 rings (SSSR count). The van der Waals surface area contributed by atoms with Gasteiger partial charge in [-0.05, 0) is 43.5 Å². The van der Waals surface area contributed by atoms with Crippen LogP contribution in [-0.4, -0.2) is 19.1 Å². The molecule has 2 heterocycles. The molecule has 3 nitrogen and oxygen atoms in total. The van der Waals surface area contributed by atoms with Crippen molar-refractivity contribution >= 4 is 28.8 Å². The lowest BCUT2D eigenvalue weighted by atomic mass is 10.1. The summed E-state index contributed by atoms with van der Waals surface area (Å²) < 4.78 is 19.3. The Kier molecular flexibility index (Phi) is 5.30. The van der Waals surface area contributed by atoms with Crippen molar-refractivity contribution < 1.29 is 13.9 Å². The highest BCUT2D eigenvalue weighted by atomic mass is 35.5. The zero-order valence-corrected chi connectivity index (χ0v) is 14.1. The Morgan fingerprint density at radius 1 is 1.39 bits per heavy atom. The lowest BCUT2D eigenvalue weighted by Crippen LogP contribution is -2.25. The van der Waals surface area contributed by atoms with E-state index in [0.717, 1.165) is 24.3 Å². The summed E-state index contributed by atoms with van der Waals surface area (Å²) in [6, 6.07) is 8.35. The minimum atomic E-state index is -0.344. The second kappa shape index (κ2) is 7.43. The van der Waals surface area contributed by atoms with Gasteiger partial charge in [0, 0.05) is 28.6 Å². The predicted octanol–water partition coefficient (Wildman–Crippen LogP) is 4.36. The van der Waals surface area contributed by atoms with Crippen LogP contribution in [0.1, 0.15) is 39.1 Å². The standard InChI is InChI=1S/C17H17ClFNO2S/c18-12-3-1-4-13(19)11(12)8-9-20-17(21)16-7-6-15(23-16)14-5-2-10-22-14/h1,3-4,6-7,14H,2,5,8-10H2,(H,20,21). The van der Waals surface area contributed by atoms with Crippen molar-refractivity contribution in [1.29, 1.82) is 0 Å². The van der Waals surface area contributed by atoms with Crippen molar-refractivity contribution in [1.82, 2.24) is 5.32 Å². The third-order valence-corrected chi connectivity index (χ3v) is 5.35. The van der Waals surface area contributed by atoms with Crippen LogP contribution in [0.3, 0.4) is 0 Å². The first-order valence-electron chi connectivity index (χ1n) is 7.57. The van der Waals surface area contributed by atoms with Gasteiger partial charge in [-0.3, -0.25) is 4.79 Å². The highest BCUT2D eigenvalue weighted by Crippen LogP contribution is 2.33. The number of halogens is 2. The van der Waals surface area contributed by atoms with Crippen molar-refractivity contribution in [3.8, 4) is 0 Å². The summed E-state index contributed by atoms with van der Waals surface area (Å²) in [4.78, 5) is 13.9. The van der Waals surface area contributed by atoms with Crippen LogP contribution >= 0.6 is 22.9 Å². The molecule has 0 spiro atoms. The number of carbonyl (C=O) groups is 1. The van der Waals surface area contributed by atoms with E-state index in [1.807, 2.05) is 12.1 Å². The van der Waals surface area contributed by atoms with Crippen LogP contribution in [0.4, 0.5) is 4.39 Å². The zero-order chi connectivity index (χ0) is 16.2. The molecule has 1 saturated heterocycles. The SMILES string of the molecule is O=C(NCCc1c(F)cccc1Cl)c1ccc(C2CCCO2)s1. The second-order valence-corrected chi connectivity index (χ2v) is 6.93. The molecule has 23 heavy (non-hydrogen) atoms. The van der Waals surface area contributed by atoms with Gasteiger partial charge in [-0.25, -0.2) is 4.39 Å². The van der Waals surface area contributed by atoms with E-state index in [9.17, 15) is 9.18 Å². The third-order valence-electron chi connectivity index (χ3n) is 3.82. The lowest BCUT2D eigenvalue weighted by Gasteiger charge is -2.07. The Bertz CT molecular complexity index is 677. The van der Waals surface area contributed by atoms with Gasteiger partial charge in [0.05, 0.1) is 11.0 Å². The number of nitrogens with one attached hydrogen (secondary N) is 1. The van der Waals surface area contributed by atoms with Crippen molar-refractivity contribution in [2.45, 2.75) is 25.4 Å². The fourth-order valence-electron chi connectivity index (χ4n) is 2.61. The maximum atomic E-state index is 13.7. The van der Waals surface area contributed by atoms with Gasteiger partial charge in [-0.2, -0.15) is 0 Å². The molecule has 6 heteroatoms. The van der Waals surface area contributed by atoms with Gasteiger partial charge >= 0.3 is 0 Å². The van der Waals surface area contributed by atoms with E-state index in [4.69, 9.17) is 16.3 Å². The third kappa shape index (κ3) is 3.91. The molecule has 0 aliphatic carbocycles. The van der Waals surface area contributed by atoms with E-state index < -0.39 is 0 Å². The summed E-state index contributed by atoms with van der Waals surface area (Å²) in [6.07, 6.45) is 2.56.